The van der Waals surface area contributed by atoms with Gasteiger partial charge in [0.1, 0.15) is 5.82 Å². The second kappa shape index (κ2) is 5.23. The number of aryl methyl sites for hydroxylation is 1. The van der Waals surface area contributed by atoms with Crippen LogP contribution in [0.25, 0.3) is 10.9 Å². The van der Waals surface area contributed by atoms with E-state index in [1.165, 1.54) is 6.42 Å². The highest BCUT2D eigenvalue weighted by Gasteiger charge is 2.17. The van der Waals surface area contributed by atoms with Gasteiger partial charge in [0, 0.05) is 23.7 Å². The highest BCUT2D eigenvalue weighted by molar-refractivity contribution is 5.80. The molecule has 1 aromatic carbocycles. The first-order valence-electron chi connectivity index (χ1n) is 6.92. The number of benzene rings is 1. The Balaban J connectivity index is 1.85. The van der Waals surface area contributed by atoms with E-state index in [1.54, 1.807) is 0 Å². The number of rotatable bonds is 2. The highest BCUT2D eigenvalue weighted by atomic mass is 15.2. The topological polar surface area (TPSA) is 55.0 Å². The molecule has 4 nitrogen and oxygen atoms in total. The van der Waals surface area contributed by atoms with Crippen LogP contribution in [-0.2, 0) is 6.54 Å². The Hall–Kier alpha value is -1.52. The van der Waals surface area contributed by atoms with E-state index < -0.39 is 0 Å². The molecule has 0 bridgehead atoms. The van der Waals surface area contributed by atoms with Gasteiger partial charge >= 0.3 is 0 Å². The Morgan fingerprint density at radius 3 is 3.00 bits per heavy atom. The van der Waals surface area contributed by atoms with E-state index in [9.17, 15) is 0 Å². The first kappa shape index (κ1) is 12.5. The van der Waals surface area contributed by atoms with Crippen LogP contribution in [0.1, 0.15) is 24.4 Å². The maximum absolute atomic E-state index is 6.02. The standard InChI is InChI=1S/C15H20N4/c1-11-13-6-2-3-7-14(13)18-15(17-11)10-19-8-4-5-12(16)9-19/h2-3,6-7,12H,4-5,8-10,16H2,1H3/t12-/m1/s1. The van der Waals surface area contributed by atoms with Gasteiger partial charge in [-0.1, -0.05) is 18.2 Å². The van der Waals surface area contributed by atoms with Crippen LogP contribution in [0, 0.1) is 6.92 Å². The molecule has 2 N–H and O–H groups in total. The molecule has 19 heavy (non-hydrogen) atoms. The summed E-state index contributed by atoms with van der Waals surface area (Å²) >= 11 is 0. The van der Waals surface area contributed by atoms with Crippen molar-refractivity contribution in [3.05, 3.63) is 35.8 Å². The summed E-state index contributed by atoms with van der Waals surface area (Å²) in [6, 6.07) is 8.48. The molecule has 0 unspecified atom stereocenters. The van der Waals surface area contributed by atoms with Gasteiger partial charge in [-0.15, -0.1) is 0 Å². The van der Waals surface area contributed by atoms with Crippen LogP contribution in [0.4, 0.5) is 0 Å². The molecule has 3 rings (SSSR count). The lowest BCUT2D eigenvalue weighted by Crippen LogP contribution is -2.42. The van der Waals surface area contributed by atoms with Crippen LogP contribution in [0.5, 0.6) is 0 Å². The first-order valence-corrected chi connectivity index (χ1v) is 6.92. The molecule has 1 aliphatic heterocycles. The van der Waals surface area contributed by atoms with E-state index in [-0.39, 0.29) is 0 Å². The molecule has 0 spiro atoms. The van der Waals surface area contributed by atoms with Gasteiger partial charge in [0.15, 0.2) is 0 Å². The molecule has 2 aromatic rings. The predicted molar refractivity (Wildman–Crippen MR) is 76.8 cm³/mol. The molecule has 100 valence electrons. The Bertz CT molecular complexity index is 581. The number of para-hydroxylation sites is 1. The zero-order chi connectivity index (χ0) is 13.2. The van der Waals surface area contributed by atoms with E-state index in [4.69, 9.17) is 5.73 Å². The molecule has 1 fully saturated rings. The maximum Gasteiger partial charge on any atom is 0.143 e. The summed E-state index contributed by atoms with van der Waals surface area (Å²) in [4.78, 5) is 11.6. The van der Waals surface area contributed by atoms with E-state index in [2.05, 4.69) is 33.9 Å². The van der Waals surface area contributed by atoms with Crippen molar-refractivity contribution in [1.29, 1.82) is 0 Å². The van der Waals surface area contributed by atoms with E-state index in [1.807, 2.05) is 12.1 Å². The molecular weight excluding hydrogens is 236 g/mol. The van der Waals surface area contributed by atoms with Crippen molar-refractivity contribution in [2.45, 2.75) is 32.4 Å². The summed E-state index contributed by atoms with van der Waals surface area (Å²) in [5, 5.41) is 1.14. The van der Waals surface area contributed by atoms with E-state index in [0.717, 1.165) is 48.5 Å². The van der Waals surface area contributed by atoms with Gasteiger partial charge in [0.2, 0.25) is 0 Å². The third-order valence-electron chi connectivity index (χ3n) is 3.75. The van der Waals surface area contributed by atoms with E-state index in [0.29, 0.717) is 6.04 Å². The Morgan fingerprint density at radius 1 is 1.32 bits per heavy atom. The van der Waals surface area contributed by atoms with Crippen molar-refractivity contribution < 1.29 is 0 Å². The van der Waals surface area contributed by atoms with Crippen molar-refractivity contribution in [1.82, 2.24) is 14.9 Å². The maximum atomic E-state index is 6.02. The first-order chi connectivity index (χ1) is 9.22. The lowest BCUT2D eigenvalue weighted by molar-refractivity contribution is 0.197. The number of nitrogens with two attached hydrogens (primary N) is 1. The molecule has 1 aliphatic rings. The molecule has 1 aromatic heterocycles. The second-order valence-corrected chi connectivity index (χ2v) is 5.38. The van der Waals surface area contributed by atoms with Gasteiger partial charge in [-0.2, -0.15) is 0 Å². The van der Waals surface area contributed by atoms with Gasteiger partial charge in [-0.25, -0.2) is 9.97 Å². The number of likely N-dealkylation sites (tertiary alicyclic amines) is 1. The zero-order valence-electron chi connectivity index (χ0n) is 11.3. The summed E-state index contributed by atoms with van der Waals surface area (Å²) in [7, 11) is 0. The Morgan fingerprint density at radius 2 is 2.16 bits per heavy atom. The van der Waals surface area contributed by atoms with Crippen LogP contribution >= 0.6 is 0 Å². The Labute approximate surface area is 113 Å². The summed E-state index contributed by atoms with van der Waals surface area (Å²) in [5.41, 5.74) is 8.11. The lowest BCUT2D eigenvalue weighted by atomic mass is 10.1. The fourth-order valence-corrected chi connectivity index (χ4v) is 2.80. The Kier molecular flexibility index (Phi) is 3.44. The van der Waals surface area contributed by atoms with Crippen LogP contribution in [0.3, 0.4) is 0 Å². The average Bonchev–Trinajstić information content (AvgIpc) is 2.39. The SMILES string of the molecule is Cc1nc(CN2CCC[C@@H](N)C2)nc2ccccc12. The monoisotopic (exact) mass is 256 g/mol. The highest BCUT2D eigenvalue weighted by Crippen LogP contribution is 2.16. The fraction of sp³-hybridized carbons (Fsp3) is 0.467. The summed E-state index contributed by atoms with van der Waals surface area (Å²) in [5.74, 6) is 0.908. The van der Waals surface area contributed by atoms with Crippen molar-refractivity contribution in [2.24, 2.45) is 5.73 Å². The zero-order valence-corrected chi connectivity index (χ0v) is 11.3. The van der Waals surface area contributed by atoms with Gasteiger partial charge in [-0.05, 0) is 32.4 Å². The molecule has 4 heteroatoms. The largest absolute Gasteiger partial charge is 0.327 e. The van der Waals surface area contributed by atoms with Crippen molar-refractivity contribution >= 4 is 10.9 Å². The quantitative estimate of drug-likeness (QED) is 0.891. The van der Waals surface area contributed by atoms with Crippen LogP contribution in [0.2, 0.25) is 0 Å². The molecule has 0 saturated carbocycles. The summed E-state index contributed by atoms with van der Waals surface area (Å²) in [6.45, 7) is 4.91. The normalized spacial score (nSPS) is 20.8. The number of nitrogens with zero attached hydrogens (tertiary/aromatic N) is 3. The number of aromatic nitrogens is 2. The van der Waals surface area contributed by atoms with Crippen LogP contribution < -0.4 is 5.73 Å². The molecule has 0 aliphatic carbocycles. The predicted octanol–water partition coefficient (Wildman–Crippen LogP) is 1.86. The number of fused-ring (bicyclic) bond motifs is 1. The van der Waals surface area contributed by atoms with Crippen LogP contribution in [-0.4, -0.2) is 34.0 Å². The minimum atomic E-state index is 0.301. The minimum Gasteiger partial charge on any atom is -0.327 e. The van der Waals surface area contributed by atoms with E-state index >= 15 is 0 Å². The van der Waals surface area contributed by atoms with Gasteiger partial charge in [-0.3, -0.25) is 4.90 Å². The van der Waals surface area contributed by atoms with Gasteiger partial charge in [0.25, 0.3) is 0 Å². The summed E-state index contributed by atoms with van der Waals surface area (Å²) in [6.07, 6.45) is 2.31. The van der Waals surface area contributed by atoms with Gasteiger partial charge < -0.3 is 5.73 Å². The van der Waals surface area contributed by atoms with Crippen molar-refractivity contribution in [3.8, 4) is 0 Å². The molecule has 1 atom stereocenters. The van der Waals surface area contributed by atoms with Crippen LogP contribution in [0.15, 0.2) is 24.3 Å². The molecule has 2 heterocycles. The molecule has 0 radical (unpaired) electrons. The molecule has 1 saturated heterocycles. The fourth-order valence-electron chi connectivity index (χ4n) is 2.80. The number of piperidine rings is 1. The average molecular weight is 256 g/mol. The van der Waals surface area contributed by atoms with Crippen molar-refractivity contribution in [3.63, 3.8) is 0 Å². The third kappa shape index (κ3) is 2.74. The van der Waals surface area contributed by atoms with Gasteiger partial charge in [0.05, 0.1) is 12.1 Å². The van der Waals surface area contributed by atoms with Crippen molar-refractivity contribution in [2.75, 3.05) is 13.1 Å². The number of hydrogen-bond donors (Lipinski definition) is 1. The third-order valence-corrected chi connectivity index (χ3v) is 3.75. The minimum absolute atomic E-state index is 0.301. The summed E-state index contributed by atoms with van der Waals surface area (Å²) < 4.78 is 0. The smallest absolute Gasteiger partial charge is 0.143 e. The lowest BCUT2D eigenvalue weighted by Gasteiger charge is -2.30. The second-order valence-electron chi connectivity index (χ2n) is 5.38. The molecular formula is C15H20N4. The number of hydrogen-bond acceptors (Lipinski definition) is 4. The molecule has 0 amide bonds.